The molecule has 1 heterocycles. The van der Waals surface area contributed by atoms with Gasteiger partial charge in [-0.15, -0.1) is 12.4 Å². The van der Waals surface area contributed by atoms with Crippen LogP contribution in [0.4, 0.5) is 22.0 Å². The van der Waals surface area contributed by atoms with Gasteiger partial charge >= 0.3 is 6.03 Å². The number of anilines is 3. The van der Waals surface area contributed by atoms with Crippen LogP contribution in [0.2, 0.25) is 0 Å². The van der Waals surface area contributed by atoms with Crippen molar-refractivity contribution in [1.82, 2.24) is 15.6 Å². The number of carbonyl (C=O) groups excluding carboxylic acids is 2. The lowest BCUT2D eigenvalue weighted by atomic mass is 10.1. The summed E-state index contributed by atoms with van der Waals surface area (Å²) in [7, 11) is 1.60. The van der Waals surface area contributed by atoms with E-state index in [1.165, 1.54) is 0 Å². The van der Waals surface area contributed by atoms with Gasteiger partial charge in [-0.05, 0) is 48.7 Å². The number of aromatic nitrogens is 1. The summed E-state index contributed by atoms with van der Waals surface area (Å²) in [6, 6.07) is 14.6. The Morgan fingerprint density at radius 3 is 2.50 bits per heavy atom. The summed E-state index contributed by atoms with van der Waals surface area (Å²) in [6.45, 7) is 2.40. The standard InChI is InChI=1S/C20H21N5O2.ClH/c1-3-22-20(27)25-18-11-14-5-4-6-17(16(14)12-23-18)24-15-9-7-13(8-10-15)19(26)21-2;/h4-12,24H,3H2,1-2H3,(H,21,26)(H2,22,23,25,27);1H. The van der Waals surface area contributed by atoms with Crippen molar-refractivity contribution in [1.29, 1.82) is 0 Å². The minimum Gasteiger partial charge on any atom is -0.355 e. The third kappa shape index (κ3) is 4.89. The second-order valence-corrected chi connectivity index (χ2v) is 5.86. The molecule has 8 heteroatoms. The van der Waals surface area contributed by atoms with Crippen molar-refractivity contribution in [3.05, 3.63) is 60.3 Å². The molecule has 2 aromatic carbocycles. The number of hydrogen-bond acceptors (Lipinski definition) is 4. The van der Waals surface area contributed by atoms with E-state index in [-0.39, 0.29) is 24.3 Å². The Bertz CT molecular complexity index is 976. The third-order valence-electron chi connectivity index (χ3n) is 4.00. The highest BCUT2D eigenvalue weighted by Crippen LogP contribution is 2.27. The molecule has 3 amide bonds. The molecule has 0 aliphatic heterocycles. The largest absolute Gasteiger partial charge is 0.355 e. The Hall–Kier alpha value is -3.32. The average molecular weight is 400 g/mol. The highest BCUT2D eigenvalue weighted by Gasteiger charge is 2.07. The Kier molecular flexibility index (Phi) is 7.17. The summed E-state index contributed by atoms with van der Waals surface area (Å²) in [5, 5.41) is 13.2. The normalized spacial score (nSPS) is 9.93. The van der Waals surface area contributed by atoms with Gasteiger partial charge in [-0.3, -0.25) is 10.1 Å². The van der Waals surface area contributed by atoms with Crippen LogP contribution in [0.5, 0.6) is 0 Å². The molecular weight excluding hydrogens is 378 g/mol. The topological polar surface area (TPSA) is 95.2 Å². The average Bonchev–Trinajstić information content (AvgIpc) is 2.68. The number of benzene rings is 2. The van der Waals surface area contributed by atoms with Gasteiger partial charge < -0.3 is 16.0 Å². The first-order chi connectivity index (χ1) is 13.1. The quantitative estimate of drug-likeness (QED) is 0.523. The summed E-state index contributed by atoms with van der Waals surface area (Å²) in [5.41, 5.74) is 2.35. The number of amides is 3. The molecule has 0 radical (unpaired) electrons. The number of nitrogens with one attached hydrogen (secondary N) is 4. The fourth-order valence-corrected chi connectivity index (χ4v) is 2.67. The number of fused-ring (bicyclic) bond motifs is 1. The Balaban J connectivity index is 0.00000280. The molecular formula is C20H22ClN5O2. The molecule has 7 nitrogen and oxygen atoms in total. The van der Waals surface area contributed by atoms with Gasteiger partial charge in [0.1, 0.15) is 5.82 Å². The molecule has 0 spiro atoms. The zero-order valence-electron chi connectivity index (χ0n) is 15.6. The van der Waals surface area contributed by atoms with E-state index in [9.17, 15) is 9.59 Å². The van der Waals surface area contributed by atoms with Crippen molar-refractivity contribution < 1.29 is 9.59 Å². The fourth-order valence-electron chi connectivity index (χ4n) is 2.67. The smallest absolute Gasteiger partial charge is 0.320 e. The van der Waals surface area contributed by atoms with Gasteiger partial charge in [0.2, 0.25) is 0 Å². The molecule has 0 aliphatic rings. The summed E-state index contributed by atoms with van der Waals surface area (Å²) >= 11 is 0. The first-order valence-corrected chi connectivity index (χ1v) is 8.63. The molecule has 0 unspecified atom stereocenters. The van der Waals surface area contributed by atoms with E-state index in [4.69, 9.17) is 0 Å². The van der Waals surface area contributed by atoms with E-state index in [2.05, 4.69) is 26.3 Å². The van der Waals surface area contributed by atoms with Crippen molar-refractivity contribution in [2.75, 3.05) is 24.2 Å². The number of pyridine rings is 1. The predicted octanol–water partition coefficient (Wildman–Crippen LogP) is 3.90. The van der Waals surface area contributed by atoms with Gasteiger partial charge in [-0.1, -0.05) is 12.1 Å². The Morgan fingerprint density at radius 1 is 1.07 bits per heavy atom. The lowest BCUT2D eigenvalue weighted by molar-refractivity contribution is 0.0963. The van der Waals surface area contributed by atoms with Crippen LogP contribution in [0.25, 0.3) is 10.8 Å². The predicted molar refractivity (Wildman–Crippen MR) is 115 cm³/mol. The van der Waals surface area contributed by atoms with Crippen LogP contribution in [-0.4, -0.2) is 30.5 Å². The molecule has 28 heavy (non-hydrogen) atoms. The van der Waals surface area contributed by atoms with Crippen LogP contribution in [0.15, 0.2) is 54.7 Å². The van der Waals surface area contributed by atoms with Crippen molar-refractivity contribution in [2.24, 2.45) is 0 Å². The first kappa shape index (κ1) is 21.0. The van der Waals surface area contributed by atoms with E-state index in [0.29, 0.717) is 17.9 Å². The number of hydrogen-bond donors (Lipinski definition) is 4. The summed E-state index contributed by atoms with van der Waals surface area (Å²) < 4.78 is 0. The minimum atomic E-state index is -0.283. The van der Waals surface area contributed by atoms with Gasteiger partial charge in [-0.25, -0.2) is 9.78 Å². The molecule has 3 aromatic rings. The first-order valence-electron chi connectivity index (χ1n) is 8.63. The molecule has 0 saturated heterocycles. The van der Waals surface area contributed by atoms with E-state index in [1.807, 2.05) is 43.3 Å². The van der Waals surface area contributed by atoms with Gasteiger partial charge in [-0.2, -0.15) is 0 Å². The zero-order chi connectivity index (χ0) is 19.2. The van der Waals surface area contributed by atoms with Crippen LogP contribution < -0.4 is 21.3 Å². The summed E-state index contributed by atoms with van der Waals surface area (Å²) in [4.78, 5) is 27.6. The van der Waals surface area contributed by atoms with Crippen LogP contribution >= 0.6 is 12.4 Å². The van der Waals surface area contributed by atoms with Crippen LogP contribution in [0.3, 0.4) is 0 Å². The number of urea groups is 1. The van der Waals surface area contributed by atoms with Crippen molar-refractivity contribution in [3.8, 4) is 0 Å². The van der Waals surface area contributed by atoms with E-state index < -0.39 is 0 Å². The molecule has 0 saturated carbocycles. The number of rotatable bonds is 5. The van der Waals surface area contributed by atoms with E-state index >= 15 is 0 Å². The van der Waals surface area contributed by atoms with Crippen LogP contribution in [-0.2, 0) is 0 Å². The van der Waals surface area contributed by atoms with Crippen molar-refractivity contribution in [2.45, 2.75) is 6.92 Å². The lowest BCUT2D eigenvalue weighted by Gasteiger charge is -2.11. The fraction of sp³-hybridized carbons (Fsp3) is 0.150. The monoisotopic (exact) mass is 399 g/mol. The molecule has 0 atom stereocenters. The number of carbonyl (C=O) groups is 2. The number of halogens is 1. The summed E-state index contributed by atoms with van der Waals surface area (Å²) in [5.74, 6) is 0.364. The Morgan fingerprint density at radius 2 is 1.82 bits per heavy atom. The lowest BCUT2D eigenvalue weighted by Crippen LogP contribution is -2.28. The number of nitrogens with zero attached hydrogens (tertiary/aromatic N) is 1. The second kappa shape index (κ2) is 9.57. The second-order valence-electron chi connectivity index (χ2n) is 5.86. The van der Waals surface area contributed by atoms with Gasteiger partial charge in [0.15, 0.2) is 0 Å². The maximum absolute atomic E-state index is 11.7. The molecule has 3 rings (SSSR count). The third-order valence-corrected chi connectivity index (χ3v) is 4.00. The van der Waals surface area contributed by atoms with E-state index in [0.717, 1.165) is 22.1 Å². The zero-order valence-corrected chi connectivity index (χ0v) is 16.4. The molecule has 0 bridgehead atoms. The maximum atomic E-state index is 11.7. The molecule has 1 aromatic heterocycles. The van der Waals surface area contributed by atoms with Gasteiger partial charge in [0.25, 0.3) is 5.91 Å². The minimum absolute atomic E-state index is 0. The summed E-state index contributed by atoms with van der Waals surface area (Å²) in [6.07, 6.45) is 1.72. The Labute approximate surface area is 169 Å². The highest BCUT2D eigenvalue weighted by atomic mass is 35.5. The van der Waals surface area contributed by atoms with E-state index in [1.54, 1.807) is 25.4 Å². The molecule has 0 fully saturated rings. The molecule has 4 N–H and O–H groups in total. The molecule has 146 valence electrons. The highest BCUT2D eigenvalue weighted by molar-refractivity contribution is 5.98. The van der Waals surface area contributed by atoms with Crippen LogP contribution in [0, 0.1) is 0 Å². The van der Waals surface area contributed by atoms with Crippen molar-refractivity contribution in [3.63, 3.8) is 0 Å². The van der Waals surface area contributed by atoms with Crippen molar-refractivity contribution >= 4 is 52.3 Å². The maximum Gasteiger partial charge on any atom is 0.320 e. The van der Waals surface area contributed by atoms with Gasteiger partial charge in [0, 0.05) is 42.1 Å². The molecule has 0 aliphatic carbocycles. The van der Waals surface area contributed by atoms with Gasteiger partial charge in [0.05, 0.1) is 0 Å². The SMILES string of the molecule is CCNC(=O)Nc1cc2cccc(Nc3ccc(C(=O)NC)cc3)c2cn1.Cl. The van der Waals surface area contributed by atoms with Crippen LogP contribution in [0.1, 0.15) is 17.3 Å².